The third kappa shape index (κ3) is 8.24. The summed E-state index contributed by atoms with van der Waals surface area (Å²) in [6.07, 6.45) is 6.26. The number of halogens is 4. The first-order valence-corrected chi connectivity index (χ1v) is 13.6. The Balaban J connectivity index is 0.00000228. The van der Waals surface area contributed by atoms with Gasteiger partial charge in [-0.2, -0.15) is 0 Å². The van der Waals surface area contributed by atoms with Crippen LogP contribution in [0.2, 0.25) is 10.0 Å². The molecule has 1 N–H and O–H groups in total. The second-order valence-corrected chi connectivity index (χ2v) is 10.7. The van der Waals surface area contributed by atoms with Crippen LogP contribution in [0.1, 0.15) is 62.6 Å². The molecule has 2 aliphatic heterocycles. The zero-order valence-corrected chi connectivity index (χ0v) is 24.1. The quantitative estimate of drug-likeness (QED) is 0.368. The van der Waals surface area contributed by atoms with E-state index >= 15 is 0 Å². The summed E-state index contributed by atoms with van der Waals surface area (Å²) < 4.78 is 0. The van der Waals surface area contributed by atoms with Crippen LogP contribution in [-0.4, -0.2) is 54.5 Å². The topological polar surface area (TPSA) is 35.6 Å². The van der Waals surface area contributed by atoms with Crippen molar-refractivity contribution in [1.29, 1.82) is 0 Å². The Morgan fingerprint density at radius 3 is 2.03 bits per heavy atom. The van der Waals surface area contributed by atoms with Crippen molar-refractivity contribution in [2.45, 2.75) is 57.5 Å². The van der Waals surface area contributed by atoms with E-state index in [-0.39, 0.29) is 36.9 Å². The molecule has 1 amide bonds. The van der Waals surface area contributed by atoms with E-state index in [9.17, 15) is 4.79 Å². The normalized spacial score (nSPS) is 19.0. The molecule has 0 unspecified atom stereocenters. The van der Waals surface area contributed by atoms with Gasteiger partial charge in [0.1, 0.15) is 0 Å². The van der Waals surface area contributed by atoms with Crippen molar-refractivity contribution in [2.24, 2.45) is 5.92 Å². The van der Waals surface area contributed by atoms with Gasteiger partial charge in [0, 0.05) is 42.1 Å². The van der Waals surface area contributed by atoms with Crippen molar-refractivity contribution in [1.82, 2.24) is 15.1 Å². The maximum Gasteiger partial charge on any atom is 0.223 e. The average molecular weight is 575 g/mol. The summed E-state index contributed by atoms with van der Waals surface area (Å²) in [6.45, 7) is 6.83. The molecule has 0 aliphatic carbocycles. The van der Waals surface area contributed by atoms with Crippen LogP contribution in [0.5, 0.6) is 0 Å². The second kappa shape index (κ2) is 15.4. The molecule has 0 radical (unpaired) electrons. The van der Waals surface area contributed by atoms with Crippen molar-refractivity contribution in [3.05, 3.63) is 69.7 Å². The second-order valence-electron chi connectivity index (χ2n) is 9.78. The van der Waals surface area contributed by atoms with Crippen LogP contribution >= 0.6 is 48.0 Å². The molecule has 2 heterocycles. The number of hydrogen-bond donors (Lipinski definition) is 1. The Kier molecular flexibility index (Phi) is 13.4. The molecule has 2 aromatic rings. The number of nitrogens with one attached hydrogen (secondary N) is 1. The van der Waals surface area contributed by atoms with E-state index in [4.69, 9.17) is 23.2 Å². The molecule has 200 valence electrons. The minimum atomic E-state index is 0. The maximum absolute atomic E-state index is 13.4. The molecule has 8 heteroatoms. The highest BCUT2D eigenvalue weighted by Crippen LogP contribution is 2.33. The summed E-state index contributed by atoms with van der Waals surface area (Å²) in [5.41, 5.74) is 2.44. The van der Waals surface area contributed by atoms with Gasteiger partial charge in [0.25, 0.3) is 0 Å². The molecule has 2 aromatic carbocycles. The minimum Gasteiger partial charge on any atom is -0.337 e. The fourth-order valence-corrected chi connectivity index (χ4v) is 5.74. The zero-order chi connectivity index (χ0) is 23.9. The fraction of sp³-hybridized carbons (Fsp3) is 0.536. The average Bonchev–Trinajstić information content (AvgIpc) is 2.86. The molecule has 2 aliphatic rings. The summed E-state index contributed by atoms with van der Waals surface area (Å²) in [5.74, 6) is 0.872. The lowest BCUT2D eigenvalue weighted by molar-refractivity contribution is -0.138. The smallest absolute Gasteiger partial charge is 0.223 e. The standard InChI is InChI=1S/C28H37Cl2N3O.2ClH/c1-2-3-4-26-20-32(17-18-33(26)27(34)19-21-13-15-31-16-14-21)28(22-5-9-24(29)10-6-22)23-7-11-25(30)12-8-23;;/h5-12,21,26,28,31H,2-4,13-20H2,1H3;2*1H/t26-;;/m0../s1. The lowest BCUT2D eigenvalue weighted by Gasteiger charge is -2.45. The summed E-state index contributed by atoms with van der Waals surface area (Å²) in [6, 6.07) is 16.7. The van der Waals surface area contributed by atoms with Crippen molar-refractivity contribution >= 4 is 53.9 Å². The molecule has 2 fully saturated rings. The van der Waals surface area contributed by atoms with Crippen LogP contribution in [0.4, 0.5) is 0 Å². The predicted octanol–water partition coefficient (Wildman–Crippen LogP) is 7.02. The van der Waals surface area contributed by atoms with Gasteiger partial charge in [-0.25, -0.2) is 0 Å². The van der Waals surface area contributed by atoms with Gasteiger partial charge in [-0.15, -0.1) is 24.8 Å². The number of piperazine rings is 1. The molecular weight excluding hydrogens is 536 g/mol. The van der Waals surface area contributed by atoms with Gasteiger partial charge in [0.15, 0.2) is 0 Å². The van der Waals surface area contributed by atoms with Gasteiger partial charge in [-0.05, 0) is 73.7 Å². The van der Waals surface area contributed by atoms with Crippen LogP contribution in [0.3, 0.4) is 0 Å². The molecule has 0 saturated carbocycles. The van der Waals surface area contributed by atoms with E-state index in [1.54, 1.807) is 0 Å². The summed E-state index contributed by atoms with van der Waals surface area (Å²) in [7, 11) is 0. The zero-order valence-electron chi connectivity index (χ0n) is 21.0. The number of carbonyl (C=O) groups is 1. The number of amides is 1. The first-order valence-electron chi connectivity index (χ1n) is 12.8. The molecule has 4 nitrogen and oxygen atoms in total. The number of nitrogens with zero attached hydrogens (tertiary/aromatic N) is 2. The lowest BCUT2D eigenvalue weighted by atomic mass is 9.92. The first kappa shape index (κ1) is 31.2. The first-order chi connectivity index (χ1) is 16.5. The van der Waals surface area contributed by atoms with E-state index in [1.807, 2.05) is 24.3 Å². The third-order valence-corrected chi connectivity index (χ3v) is 7.89. The van der Waals surface area contributed by atoms with E-state index < -0.39 is 0 Å². The van der Waals surface area contributed by atoms with Crippen molar-refractivity contribution < 1.29 is 4.79 Å². The third-order valence-electron chi connectivity index (χ3n) is 7.38. The molecule has 1 atom stereocenters. The van der Waals surface area contributed by atoms with Crippen LogP contribution in [0.15, 0.2) is 48.5 Å². The number of hydrogen-bond acceptors (Lipinski definition) is 3. The van der Waals surface area contributed by atoms with Gasteiger partial charge in [-0.3, -0.25) is 9.69 Å². The van der Waals surface area contributed by atoms with Gasteiger partial charge < -0.3 is 10.2 Å². The Labute approximate surface area is 238 Å². The van der Waals surface area contributed by atoms with Gasteiger partial charge in [0.2, 0.25) is 5.91 Å². The highest BCUT2D eigenvalue weighted by Gasteiger charge is 2.35. The predicted molar refractivity (Wildman–Crippen MR) is 156 cm³/mol. The summed E-state index contributed by atoms with van der Waals surface area (Å²) in [5, 5.41) is 4.90. The SMILES string of the molecule is CCCC[C@H]1CN(C(c2ccc(Cl)cc2)c2ccc(Cl)cc2)CCN1C(=O)CC1CCNCC1.Cl.Cl. The highest BCUT2D eigenvalue weighted by molar-refractivity contribution is 6.30. The monoisotopic (exact) mass is 573 g/mol. The van der Waals surface area contributed by atoms with E-state index in [0.717, 1.165) is 74.9 Å². The molecule has 0 bridgehead atoms. The minimum absolute atomic E-state index is 0. The van der Waals surface area contributed by atoms with Crippen LogP contribution in [0.25, 0.3) is 0 Å². The Hall–Kier alpha value is -1.01. The number of carbonyl (C=O) groups excluding carboxylic acids is 1. The Bertz CT molecular complexity index is 874. The fourth-order valence-electron chi connectivity index (χ4n) is 5.48. The number of rotatable bonds is 8. The van der Waals surface area contributed by atoms with E-state index in [0.29, 0.717) is 18.2 Å². The largest absolute Gasteiger partial charge is 0.337 e. The number of benzene rings is 2. The van der Waals surface area contributed by atoms with Gasteiger partial charge in [0.05, 0.1) is 6.04 Å². The molecule has 2 saturated heterocycles. The van der Waals surface area contributed by atoms with Gasteiger partial charge in [-0.1, -0.05) is 67.2 Å². The van der Waals surface area contributed by atoms with Gasteiger partial charge >= 0.3 is 0 Å². The summed E-state index contributed by atoms with van der Waals surface area (Å²) >= 11 is 12.4. The van der Waals surface area contributed by atoms with E-state index in [2.05, 4.69) is 46.3 Å². The summed E-state index contributed by atoms with van der Waals surface area (Å²) in [4.78, 5) is 18.1. The maximum atomic E-state index is 13.4. The van der Waals surface area contributed by atoms with Crippen molar-refractivity contribution in [3.63, 3.8) is 0 Å². The van der Waals surface area contributed by atoms with E-state index in [1.165, 1.54) is 11.1 Å². The molecule has 0 aromatic heterocycles. The molecule has 36 heavy (non-hydrogen) atoms. The Morgan fingerprint density at radius 2 is 1.50 bits per heavy atom. The number of unbranched alkanes of at least 4 members (excludes halogenated alkanes) is 1. The number of piperidine rings is 1. The molecule has 4 rings (SSSR count). The van der Waals surface area contributed by atoms with Crippen LogP contribution in [0, 0.1) is 5.92 Å². The van der Waals surface area contributed by atoms with Crippen molar-refractivity contribution in [2.75, 3.05) is 32.7 Å². The van der Waals surface area contributed by atoms with Crippen LogP contribution in [-0.2, 0) is 4.79 Å². The molecular formula is C28H39Cl4N3O. The van der Waals surface area contributed by atoms with Crippen LogP contribution < -0.4 is 5.32 Å². The van der Waals surface area contributed by atoms with Crippen molar-refractivity contribution in [3.8, 4) is 0 Å². The lowest BCUT2D eigenvalue weighted by Crippen LogP contribution is -2.56. The molecule has 0 spiro atoms. The highest BCUT2D eigenvalue weighted by atomic mass is 35.5. The Morgan fingerprint density at radius 1 is 0.944 bits per heavy atom.